The quantitative estimate of drug-likeness (QED) is 0.667. The van der Waals surface area contributed by atoms with E-state index in [1.54, 1.807) is 0 Å². The molecule has 1 saturated carbocycles. The van der Waals surface area contributed by atoms with Crippen LogP contribution in [-0.2, 0) is 9.24 Å². The Labute approximate surface area is 78.3 Å². The SMILES string of the molecule is CCN(C1CCCC1)S(=O)(=O)Cl. The summed E-state index contributed by atoms with van der Waals surface area (Å²) in [6.45, 7) is 2.30. The molecule has 0 spiro atoms. The van der Waals surface area contributed by atoms with Gasteiger partial charge in [0.1, 0.15) is 0 Å². The molecule has 0 aromatic rings. The maximum absolute atomic E-state index is 11.0. The first-order chi connectivity index (χ1) is 5.55. The van der Waals surface area contributed by atoms with Gasteiger partial charge in [-0.3, -0.25) is 0 Å². The average molecular weight is 212 g/mol. The Morgan fingerprint density at radius 1 is 1.42 bits per heavy atom. The second-order valence-electron chi connectivity index (χ2n) is 3.08. The smallest absolute Gasteiger partial charge is 0.195 e. The highest BCUT2D eigenvalue weighted by molar-refractivity contribution is 8.11. The van der Waals surface area contributed by atoms with Crippen molar-refractivity contribution in [2.45, 2.75) is 38.6 Å². The molecule has 0 heterocycles. The van der Waals surface area contributed by atoms with Gasteiger partial charge < -0.3 is 0 Å². The molecule has 0 atom stereocenters. The lowest BCUT2D eigenvalue weighted by Crippen LogP contribution is -2.35. The fourth-order valence-corrected chi connectivity index (χ4v) is 3.29. The van der Waals surface area contributed by atoms with E-state index in [0.29, 0.717) is 6.54 Å². The van der Waals surface area contributed by atoms with Gasteiger partial charge in [-0.25, -0.2) is 0 Å². The third-order valence-electron chi connectivity index (χ3n) is 2.32. The highest BCUT2D eigenvalue weighted by Crippen LogP contribution is 2.26. The molecule has 1 rings (SSSR count). The van der Waals surface area contributed by atoms with Crippen molar-refractivity contribution in [1.82, 2.24) is 4.31 Å². The molecular weight excluding hydrogens is 198 g/mol. The van der Waals surface area contributed by atoms with Crippen LogP contribution in [-0.4, -0.2) is 25.3 Å². The molecule has 72 valence electrons. The number of nitrogens with zero attached hydrogens (tertiary/aromatic N) is 1. The fraction of sp³-hybridized carbons (Fsp3) is 1.00. The maximum atomic E-state index is 11.0. The molecule has 1 aliphatic rings. The van der Waals surface area contributed by atoms with E-state index >= 15 is 0 Å². The molecule has 0 aliphatic heterocycles. The summed E-state index contributed by atoms with van der Waals surface area (Å²) < 4.78 is 23.5. The van der Waals surface area contributed by atoms with Crippen molar-refractivity contribution in [2.24, 2.45) is 0 Å². The minimum atomic E-state index is -3.49. The van der Waals surface area contributed by atoms with Gasteiger partial charge in [-0.2, -0.15) is 12.7 Å². The summed E-state index contributed by atoms with van der Waals surface area (Å²) in [5.41, 5.74) is 0. The van der Waals surface area contributed by atoms with Gasteiger partial charge in [0.15, 0.2) is 0 Å². The second-order valence-corrected chi connectivity index (χ2v) is 5.55. The van der Waals surface area contributed by atoms with Crippen LogP contribution in [0.5, 0.6) is 0 Å². The van der Waals surface area contributed by atoms with Crippen molar-refractivity contribution in [1.29, 1.82) is 0 Å². The Morgan fingerprint density at radius 2 is 1.92 bits per heavy atom. The molecule has 12 heavy (non-hydrogen) atoms. The third kappa shape index (κ3) is 2.34. The highest BCUT2D eigenvalue weighted by Gasteiger charge is 2.28. The number of hydrogen-bond donors (Lipinski definition) is 0. The van der Waals surface area contributed by atoms with Gasteiger partial charge in [0.2, 0.25) is 0 Å². The first kappa shape index (κ1) is 10.3. The second kappa shape index (κ2) is 3.94. The molecule has 0 aromatic carbocycles. The topological polar surface area (TPSA) is 37.4 Å². The monoisotopic (exact) mass is 211 g/mol. The largest absolute Gasteiger partial charge is 0.300 e. The summed E-state index contributed by atoms with van der Waals surface area (Å²) in [5, 5.41) is 0. The van der Waals surface area contributed by atoms with Crippen LogP contribution in [0.3, 0.4) is 0 Å². The lowest BCUT2D eigenvalue weighted by molar-refractivity contribution is 0.342. The van der Waals surface area contributed by atoms with Crippen molar-refractivity contribution in [3.63, 3.8) is 0 Å². The molecule has 0 saturated heterocycles. The number of rotatable bonds is 3. The zero-order valence-corrected chi connectivity index (χ0v) is 8.74. The van der Waals surface area contributed by atoms with Crippen LogP contribution < -0.4 is 0 Å². The Bertz CT molecular complexity index is 234. The summed E-state index contributed by atoms with van der Waals surface area (Å²) in [7, 11) is 1.78. The zero-order chi connectivity index (χ0) is 9.19. The van der Waals surface area contributed by atoms with Gasteiger partial charge >= 0.3 is 0 Å². The Morgan fingerprint density at radius 3 is 2.25 bits per heavy atom. The summed E-state index contributed by atoms with van der Waals surface area (Å²) in [6, 6.07) is 0.150. The first-order valence-electron chi connectivity index (χ1n) is 4.27. The number of halogens is 1. The van der Waals surface area contributed by atoms with Gasteiger partial charge in [-0.1, -0.05) is 19.8 Å². The molecule has 1 fully saturated rings. The van der Waals surface area contributed by atoms with Crippen LogP contribution in [0.4, 0.5) is 0 Å². The van der Waals surface area contributed by atoms with E-state index in [2.05, 4.69) is 0 Å². The highest BCUT2D eigenvalue weighted by atomic mass is 35.7. The van der Waals surface area contributed by atoms with Crippen LogP contribution in [0.1, 0.15) is 32.6 Å². The molecule has 0 unspecified atom stereocenters. The molecule has 3 nitrogen and oxygen atoms in total. The first-order valence-corrected chi connectivity index (χ1v) is 6.53. The molecule has 0 aromatic heterocycles. The zero-order valence-electron chi connectivity index (χ0n) is 7.16. The van der Waals surface area contributed by atoms with Crippen molar-refractivity contribution in [3.8, 4) is 0 Å². The van der Waals surface area contributed by atoms with Crippen molar-refractivity contribution >= 4 is 19.9 Å². The van der Waals surface area contributed by atoms with E-state index in [1.807, 2.05) is 6.92 Å². The summed E-state index contributed by atoms with van der Waals surface area (Å²) in [6.07, 6.45) is 4.15. The van der Waals surface area contributed by atoms with E-state index in [1.165, 1.54) is 4.31 Å². The molecule has 0 bridgehead atoms. The van der Waals surface area contributed by atoms with Gasteiger partial charge in [0, 0.05) is 23.3 Å². The van der Waals surface area contributed by atoms with Crippen molar-refractivity contribution in [2.75, 3.05) is 6.54 Å². The Hall–Kier alpha value is 0.200. The van der Waals surface area contributed by atoms with Crippen molar-refractivity contribution in [3.05, 3.63) is 0 Å². The minimum Gasteiger partial charge on any atom is -0.195 e. The van der Waals surface area contributed by atoms with Gasteiger partial charge in [-0.15, -0.1) is 0 Å². The molecule has 0 amide bonds. The minimum absolute atomic E-state index is 0.150. The van der Waals surface area contributed by atoms with Crippen LogP contribution in [0.2, 0.25) is 0 Å². The standard InChI is InChI=1S/C7H14ClNO2S/c1-2-9(12(8,10)11)7-5-3-4-6-7/h7H,2-6H2,1H3. The number of hydrogen-bond acceptors (Lipinski definition) is 2. The average Bonchev–Trinajstić information content (AvgIpc) is 2.38. The van der Waals surface area contributed by atoms with E-state index in [9.17, 15) is 8.42 Å². The van der Waals surface area contributed by atoms with E-state index in [4.69, 9.17) is 10.7 Å². The van der Waals surface area contributed by atoms with E-state index < -0.39 is 9.24 Å². The predicted octanol–water partition coefficient (Wildman–Crippen LogP) is 1.73. The fourth-order valence-electron chi connectivity index (χ4n) is 1.78. The lowest BCUT2D eigenvalue weighted by Gasteiger charge is -2.22. The van der Waals surface area contributed by atoms with Crippen LogP contribution >= 0.6 is 10.7 Å². The van der Waals surface area contributed by atoms with Crippen LogP contribution in [0.15, 0.2) is 0 Å². The molecule has 1 aliphatic carbocycles. The Kier molecular flexibility index (Phi) is 3.37. The molecule has 5 heteroatoms. The van der Waals surface area contributed by atoms with Crippen LogP contribution in [0, 0.1) is 0 Å². The van der Waals surface area contributed by atoms with E-state index in [0.717, 1.165) is 25.7 Å². The van der Waals surface area contributed by atoms with Gasteiger partial charge in [0.05, 0.1) is 0 Å². The summed E-state index contributed by atoms with van der Waals surface area (Å²) in [5.74, 6) is 0. The van der Waals surface area contributed by atoms with Gasteiger partial charge in [0.25, 0.3) is 9.24 Å². The molecule has 0 N–H and O–H groups in total. The predicted molar refractivity (Wildman–Crippen MR) is 49.4 cm³/mol. The summed E-state index contributed by atoms with van der Waals surface area (Å²) in [4.78, 5) is 0. The van der Waals surface area contributed by atoms with Gasteiger partial charge in [-0.05, 0) is 12.8 Å². The molecular formula is C7H14ClNO2S. The third-order valence-corrected chi connectivity index (χ3v) is 3.97. The molecule has 0 radical (unpaired) electrons. The Balaban J connectivity index is 2.68. The van der Waals surface area contributed by atoms with Crippen molar-refractivity contribution < 1.29 is 8.42 Å². The summed E-state index contributed by atoms with van der Waals surface area (Å²) >= 11 is 0. The van der Waals surface area contributed by atoms with E-state index in [-0.39, 0.29) is 6.04 Å². The normalized spacial score (nSPS) is 20.6. The van der Waals surface area contributed by atoms with Crippen LogP contribution in [0.25, 0.3) is 0 Å². The maximum Gasteiger partial charge on any atom is 0.300 e. The lowest BCUT2D eigenvalue weighted by atomic mass is 10.2.